The fourth-order valence-corrected chi connectivity index (χ4v) is 4.59. The number of rotatable bonds is 10. The molecule has 2 aliphatic heterocycles. The van der Waals surface area contributed by atoms with E-state index in [-0.39, 0.29) is 31.5 Å². The van der Waals surface area contributed by atoms with Gasteiger partial charge >= 0.3 is 0 Å². The molecule has 3 rings (SSSR count). The van der Waals surface area contributed by atoms with Gasteiger partial charge in [0.15, 0.2) is 0 Å². The Labute approximate surface area is 204 Å². The number of amides is 3. The molecule has 0 bridgehead atoms. The number of nitrogens with one attached hydrogen (secondary N) is 1. The van der Waals surface area contributed by atoms with Crippen molar-refractivity contribution in [2.45, 2.75) is 45.3 Å². The Hall–Kier alpha value is -2.40. The van der Waals surface area contributed by atoms with E-state index in [1.54, 1.807) is 19.1 Å². The van der Waals surface area contributed by atoms with Gasteiger partial charge in [-0.3, -0.25) is 19.6 Å². The minimum Gasteiger partial charge on any atom is -0.378 e. The van der Waals surface area contributed by atoms with Crippen LogP contribution in [-0.4, -0.2) is 85.1 Å². The molecular formula is C23H33ClN4O6. The number of halogens is 1. The predicted octanol–water partition coefficient (Wildman–Crippen LogP) is 2.34. The maximum atomic E-state index is 13.3. The van der Waals surface area contributed by atoms with Crippen molar-refractivity contribution in [3.05, 3.63) is 23.2 Å². The van der Waals surface area contributed by atoms with Crippen molar-refractivity contribution in [3.8, 4) is 0 Å². The van der Waals surface area contributed by atoms with Gasteiger partial charge in [-0.15, -0.1) is 0 Å². The fraction of sp³-hybridized carbons (Fsp3) is 0.609. The van der Waals surface area contributed by atoms with E-state index in [9.17, 15) is 19.6 Å². The van der Waals surface area contributed by atoms with Crippen molar-refractivity contribution in [1.29, 1.82) is 0 Å². The highest BCUT2D eigenvalue weighted by molar-refractivity contribution is 6.33. The average Bonchev–Trinajstić information content (AvgIpc) is 3.23. The number of morpholine rings is 1. The summed E-state index contributed by atoms with van der Waals surface area (Å²) in [5.74, 6) is -1.36. The van der Waals surface area contributed by atoms with E-state index >= 15 is 0 Å². The van der Waals surface area contributed by atoms with Crippen molar-refractivity contribution in [2.75, 3.05) is 49.8 Å². The molecule has 2 saturated heterocycles. The number of carbonyl (C=O) groups excluding carboxylic acids is 3. The molecule has 0 saturated carbocycles. The lowest BCUT2D eigenvalue weighted by atomic mass is 9.99. The minimum atomic E-state index is -0.849. The largest absolute Gasteiger partial charge is 0.378 e. The highest BCUT2D eigenvalue weighted by Gasteiger charge is 2.42. The second kappa shape index (κ2) is 12.3. The van der Waals surface area contributed by atoms with Crippen molar-refractivity contribution in [2.24, 2.45) is 5.92 Å². The molecule has 0 spiro atoms. The Morgan fingerprint density at radius 3 is 2.74 bits per heavy atom. The average molecular weight is 497 g/mol. The Bertz CT molecular complexity index is 866. The number of hydroxylamine groups is 2. The molecule has 2 N–H and O–H groups in total. The van der Waals surface area contributed by atoms with E-state index < -0.39 is 18.1 Å². The van der Waals surface area contributed by atoms with Crippen LogP contribution in [0.3, 0.4) is 0 Å². The fourth-order valence-electron chi connectivity index (χ4n) is 4.29. The maximum Gasteiger partial charge on any atom is 0.249 e. The van der Waals surface area contributed by atoms with Crippen molar-refractivity contribution in [1.82, 2.24) is 9.96 Å². The zero-order chi connectivity index (χ0) is 24.7. The molecule has 1 aromatic carbocycles. The van der Waals surface area contributed by atoms with Crippen molar-refractivity contribution in [3.63, 3.8) is 0 Å². The summed E-state index contributed by atoms with van der Waals surface area (Å²) in [7, 11) is 0. The second-order valence-corrected chi connectivity index (χ2v) is 8.98. The smallest absolute Gasteiger partial charge is 0.249 e. The van der Waals surface area contributed by atoms with Crippen LogP contribution in [0.5, 0.6) is 0 Å². The molecule has 3 atom stereocenters. The molecule has 34 heavy (non-hydrogen) atoms. The first kappa shape index (κ1) is 26.2. The summed E-state index contributed by atoms with van der Waals surface area (Å²) in [4.78, 5) is 40.8. The van der Waals surface area contributed by atoms with Crippen LogP contribution in [0.1, 0.15) is 33.1 Å². The Kier molecular flexibility index (Phi) is 9.52. The van der Waals surface area contributed by atoms with Crippen LogP contribution in [0.2, 0.25) is 5.02 Å². The van der Waals surface area contributed by atoms with E-state index in [1.807, 2.05) is 13.0 Å². The molecular weight excluding hydrogens is 464 g/mol. The Morgan fingerprint density at radius 2 is 2.09 bits per heavy atom. The van der Waals surface area contributed by atoms with Gasteiger partial charge in [0.25, 0.3) is 0 Å². The van der Waals surface area contributed by atoms with Crippen molar-refractivity contribution >= 4 is 41.2 Å². The van der Waals surface area contributed by atoms with Crippen molar-refractivity contribution < 1.29 is 29.1 Å². The number of carbonyl (C=O) groups is 3. The minimum absolute atomic E-state index is 0.0377. The monoisotopic (exact) mass is 496 g/mol. The molecule has 2 fully saturated rings. The van der Waals surface area contributed by atoms with Crippen LogP contribution in [0, 0.1) is 5.92 Å². The van der Waals surface area contributed by atoms with Gasteiger partial charge in [-0.25, -0.2) is 5.06 Å². The topological polar surface area (TPSA) is 112 Å². The molecule has 10 nitrogen and oxygen atoms in total. The number of hydrogen-bond donors (Lipinski definition) is 2. The van der Waals surface area contributed by atoms with Gasteiger partial charge in [-0.05, 0) is 31.5 Å². The molecule has 0 aromatic heterocycles. The first-order chi connectivity index (χ1) is 16.3. The first-order valence-electron chi connectivity index (χ1n) is 11.6. The summed E-state index contributed by atoms with van der Waals surface area (Å²) in [5.41, 5.74) is 1.39. The standard InChI is InChI=1S/C23H33ClN4O6/c1-3-4-5-17(13-27(32)14-29)23(31)28-15-34-16(2)21(28)22(30)25-18-6-7-20(19(24)12-18)26-8-10-33-11-9-26/h6-7,12,14,16-17,21,32H,3-5,8-11,13,15H2,1-2H3,(H,25,30)/t16-,17-,21+/m1/s1. The molecule has 2 aliphatic rings. The van der Waals surface area contributed by atoms with Crippen LogP contribution in [-0.2, 0) is 23.9 Å². The Balaban J connectivity index is 1.71. The lowest BCUT2D eigenvalue weighted by molar-refractivity contribution is -0.158. The lowest BCUT2D eigenvalue weighted by Gasteiger charge is -2.30. The quantitative estimate of drug-likeness (QED) is 0.290. The van der Waals surface area contributed by atoms with Crippen LogP contribution in [0.25, 0.3) is 0 Å². The third kappa shape index (κ3) is 6.38. The third-order valence-corrected chi connectivity index (χ3v) is 6.46. The number of unbranched alkanes of at least 4 members (excludes halogenated alkanes) is 1. The van der Waals surface area contributed by atoms with E-state index in [0.29, 0.717) is 35.4 Å². The van der Waals surface area contributed by atoms with E-state index in [1.165, 1.54) is 4.90 Å². The molecule has 11 heteroatoms. The predicted molar refractivity (Wildman–Crippen MR) is 127 cm³/mol. The molecule has 1 aromatic rings. The summed E-state index contributed by atoms with van der Waals surface area (Å²) in [6.45, 7) is 6.31. The molecule has 3 amide bonds. The number of nitrogens with zero attached hydrogens (tertiary/aromatic N) is 3. The van der Waals surface area contributed by atoms with E-state index in [4.69, 9.17) is 21.1 Å². The third-order valence-electron chi connectivity index (χ3n) is 6.16. The molecule has 188 valence electrons. The SMILES string of the molecule is CCCC[C@H](CN(O)C=O)C(=O)N1CO[C@H](C)[C@H]1C(=O)Nc1ccc(N2CCOCC2)c(Cl)c1. The molecule has 2 heterocycles. The number of hydrogen-bond acceptors (Lipinski definition) is 7. The van der Waals surface area contributed by atoms with Crippen LogP contribution in [0.4, 0.5) is 11.4 Å². The van der Waals surface area contributed by atoms with Crippen LogP contribution < -0.4 is 10.2 Å². The maximum absolute atomic E-state index is 13.3. The first-order valence-corrected chi connectivity index (χ1v) is 12.0. The Morgan fingerprint density at radius 1 is 1.35 bits per heavy atom. The van der Waals surface area contributed by atoms with Gasteiger partial charge < -0.3 is 24.6 Å². The summed E-state index contributed by atoms with van der Waals surface area (Å²) >= 11 is 6.49. The zero-order valence-corrected chi connectivity index (χ0v) is 20.4. The molecule has 0 aliphatic carbocycles. The number of benzene rings is 1. The zero-order valence-electron chi connectivity index (χ0n) is 19.6. The summed E-state index contributed by atoms with van der Waals surface area (Å²) < 4.78 is 11.0. The summed E-state index contributed by atoms with van der Waals surface area (Å²) in [6.07, 6.45) is 1.84. The van der Waals surface area contributed by atoms with Gasteiger partial charge in [0, 0.05) is 18.8 Å². The lowest BCUT2D eigenvalue weighted by Crippen LogP contribution is -2.50. The van der Waals surface area contributed by atoms with Gasteiger partial charge in [-0.1, -0.05) is 31.4 Å². The highest BCUT2D eigenvalue weighted by atomic mass is 35.5. The number of ether oxygens (including phenoxy) is 2. The highest BCUT2D eigenvalue weighted by Crippen LogP contribution is 2.30. The summed E-state index contributed by atoms with van der Waals surface area (Å²) in [5, 5.41) is 13.5. The second-order valence-electron chi connectivity index (χ2n) is 8.58. The van der Waals surface area contributed by atoms with E-state index in [2.05, 4.69) is 10.2 Å². The summed E-state index contributed by atoms with van der Waals surface area (Å²) in [6, 6.07) is 4.47. The van der Waals surface area contributed by atoms with Gasteiger partial charge in [0.05, 0.1) is 42.5 Å². The number of anilines is 2. The normalized spacial score (nSPS) is 21.3. The molecule has 0 radical (unpaired) electrons. The van der Waals surface area contributed by atoms with Gasteiger partial charge in [0.1, 0.15) is 12.8 Å². The van der Waals surface area contributed by atoms with Crippen LogP contribution in [0.15, 0.2) is 18.2 Å². The molecule has 0 unspecified atom stereocenters. The van der Waals surface area contributed by atoms with Gasteiger partial charge in [-0.2, -0.15) is 0 Å². The van der Waals surface area contributed by atoms with E-state index in [0.717, 1.165) is 31.6 Å². The van der Waals surface area contributed by atoms with Crippen LogP contribution >= 0.6 is 11.6 Å². The van der Waals surface area contributed by atoms with Gasteiger partial charge in [0.2, 0.25) is 18.2 Å².